The van der Waals surface area contributed by atoms with E-state index in [2.05, 4.69) is 10.6 Å². The Balaban J connectivity index is 1.75. The van der Waals surface area contributed by atoms with E-state index in [1.54, 1.807) is 7.11 Å². The van der Waals surface area contributed by atoms with Gasteiger partial charge in [0.25, 0.3) is 0 Å². The fourth-order valence-corrected chi connectivity index (χ4v) is 2.06. The summed E-state index contributed by atoms with van der Waals surface area (Å²) in [5.41, 5.74) is 0.760. The van der Waals surface area contributed by atoms with Gasteiger partial charge in [-0.3, -0.25) is 4.79 Å². The normalized spacial score (nSPS) is 18.2. The van der Waals surface area contributed by atoms with Gasteiger partial charge < -0.3 is 24.8 Å². The van der Waals surface area contributed by atoms with Crippen molar-refractivity contribution >= 4 is 11.6 Å². The number of nitrogens with one attached hydrogen (secondary N) is 2. The van der Waals surface area contributed by atoms with Gasteiger partial charge in [0.1, 0.15) is 12.4 Å². The smallest absolute Gasteiger partial charge is 0.226 e. The standard InChI is InChI=1S/C15H22N2O4/c1-19-8-9-21-14-4-2-12(3-5-14)17-15(18)10-13-11-20-7-6-16-13/h2-5,13,16H,6-11H2,1H3,(H,17,18). The van der Waals surface area contributed by atoms with Gasteiger partial charge in [-0.15, -0.1) is 0 Å². The van der Waals surface area contributed by atoms with Crippen LogP contribution in [-0.2, 0) is 14.3 Å². The Hall–Kier alpha value is -1.63. The van der Waals surface area contributed by atoms with Gasteiger partial charge in [0.05, 0.1) is 19.8 Å². The van der Waals surface area contributed by atoms with Crippen LogP contribution in [0.2, 0.25) is 0 Å². The molecule has 1 aliphatic heterocycles. The van der Waals surface area contributed by atoms with Crippen LogP contribution in [0.4, 0.5) is 5.69 Å². The number of anilines is 1. The van der Waals surface area contributed by atoms with Crippen molar-refractivity contribution in [1.82, 2.24) is 5.32 Å². The van der Waals surface area contributed by atoms with Crippen molar-refractivity contribution in [3.8, 4) is 5.75 Å². The van der Waals surface area contributed by atoms with Crippen molar-refractivity contribution in [3.05, 3.63) is 24.3 Å². The molecule has 1 atom stereocenters. The van der Waals surface area contributed by atoms with Crippen molar-refractivity contribution in [3.63, 3.8) is 0 Å². The number of rotatable bonds is 7. The van der Waals surface area contributed by atoms with Crippen LogP contribution >= 0.6 is 0 Å². The molecule has 1 fully saturated rings. The summed E-state index contributed by atoms with van der Waals surface area (Å²) in [4.78, 5) is 11.9. The number of carbonyl (C=O) groups excluding carboxylic acids is 1. The zero-order valence-corrected chi connectivity index (χ0v) is 12.3. The number of morpholine rings is 1. The quantitative estimate of drug-likeness (QED) is 0.735. The third-order valence-electron chi connectivity index (χ3n) is 3.12. The van der Waals surface area contributed by atoms with Gasteiger partial charge in [-0.25, -0.2) is 0 Å². The molecular formula is C15H22N2O4. The summed E-state index contributed by atoms with van der Waals surface area (Å²) in [5, 5.41) is 6.12. The fraction of sp³-hybridized carbons (Fsp3) is 0.533. The maximum atomic E-state index is 11.9. The number of hydrogen-bond acceptors (Lipinski definition) is 5. The molecule has 0 saturated carbocycles. The summed E-state index contributed by atoms with van der Waals surface area (Å²) in [6, 6.07) is 7.39. The van der Waals surface area contributed by atoms with Gasteiger partial charge >= 0.3 is 0 Å². The third kappa shape index (κ3) is 5.71. The van der Waals surface area contributed by atoms with E-state index in [4.69, 9.17) is 14.2 Å². The summed E-state index contributed by atoms with van der Waals surface area (Å²) >= 11 is 0. The number of ether oxygens (including phenoxy) is 3. The van der Waals surface area contributed by atoms with E-state index < -0.39 is 0 Å². The van der Waals surface area contributed by atoms with Gasteiger partial charge in [-0.1, -0.05) is 0 Å². The number of benzene rings is 1. The van der Waals surface area contributed by atoms with E-state index in [-0.39, 0.29) is 11.9 Å². The number of methoxy groups -OCH3 is 1. The highest BCUT2D eigenvalue weighted by Gasteiger charge is 2.16. The molecule has 0 bridgehead atoms. The van der Waals surface area contributed by atoms with Gasteiger partial charge in [-0.05, 0) is 24.3 Å². The first-order valence-electron chi connectivity index (χ1n) is 7.10. The molecule has 1 unspecified atom stereocenters. The molecule has 116 valence electrons. The number of amides is 1. The molecule has 1 aromatic rings. The molecule has 1 amide bonds. The highest BCUT2D eigenvalue weighted by molar-refractivity contribution is 5.91. The lowest BCUT2D eigenvalue weighted by Gasteiger charge is -2.23. The molecule has 1 saturated heterocycles. The molecule has 1 aliphatic rings. The Bertz CT molecular complexity index is 430. The van der Waals surface area contributed by atoms with E-state index in [0.29, 0.717) is 32.8 Å². The van der Waals surface area contributed by atoms with Crippen LogP contribution in [0.1, 0.15) is 6.42 Å². The Labute approximate surface area is 124 Å². The highest BCUT2D eigenvalue weighted by atomic mass is 16.5. The van der Waals surface area contributed by atoms with Crippen LogP contribution in [0.3, 0.4) is 0 Å². The second kappa shape index (κ2) is 8.61. The van der Waals surface area contributed by atoms with Gasteiger partial charge in [-0.2, -0.15) is 0 Å². The molecule has 2 rings (SSSR count). The number of hydrogen-bond donors (Lipinski definition) is 2. The molecule has 0 spiro atoms. The molecule has 21 heavy (non-hydrogen) atoms. The zero-order chi connectivity index (χ0) is 14.9. The van der Waals surface area contributed by atoms with Crippen LogP contribution in [0.15, 0.2) is 24.3 Å². The van der Waals surface area contributed by atoms with E-state index in [1.165, 1.54) is 0 Å². The molecule has 0 aliphatic carbocycles. The first-order valence-corrected chi connectivity index (χ1v) is 7.10. The zero-order valence-electron chi connectivity index (χ0n) is 12.3. The largest absolute Gasteiger partial charge is 0.491 e. The number of carbonyl (C=O) groups is 1. The molecular weight excluding hydrogens is 272 g/mol. The Morgan fingerprint density at radius 3 is 2.86 bits per heavy atom. The van der Waals surface area contributed by atoms with Crippen LogP contribution in [0.5, 0.6) is 5.75 Å². The maximum absolute atomic E-state index is 11.9. The van der Waals surface area contributed by atoms with Crippen molar-refractivity contribution in [1.29, 1.82) is 0 Å². The average molecular weight is 294 g/mol. The minimum Gasteiger partial charge on any atom is -0.491 e. The summed E-state index contributed by atoms with van der Waals surface area (Å²) in [6.07, 6.45) is 0.409. The highest BCUT2D eigenvalue weighted by Crippen LogP contribution is 2.16. The Kier molecular flexibility index (Phi) is 6.46. The van der Waals surface area contributed by atoms with E-state index in [0.717, 1.165) is 18.0 Å². The lowest BCUT2D eigenvalue weighted by molar-refractivity contribution is -0.117. The predicted octanol–water partition coefficient (Wildman–Crippen LogP) is 1.03. The molecule has 6 heteroatoms. The monoisotopic (exact) mass is 294 g/mol. The minimum absolute atomic E-state index is 0.0222. The summed E-state index contributed by atoms with van der Waals surface area (Å²) in [6.45, 7) is 3.15. The van der Waals surface area contributed by atoms with Crippen molar-refractivity contribution in [2.45, 2.75) is 12.5 Å². The summed E-state index contributed by atoms with van der Waals surface area (Å²) < 4.78 is 15.7. The van der Waals surface area contributed by atoms with Crippen LogP contribution in [-0.4, -0.2) is 52.0 Å². The van der Waals surface area contributed by atoms with Crippen LogP contribution in [0.25, 0.3) is 0 Å². The first kappa shape index (κ1) is 15.8. The van der Waals surface area contributed by atoms with Crippen molar-refractivity contribution < 1.29 is 19.0 Å². The minimum atomic E-state index is -0.0222. The molecule has 2 N–H and O–H groups in total. The topological polar surface area (TPSA) is 68.8 Å². The lowest BCUT2D eigenvalue weighted by atomic mass is 10.2. The first-order chi connectivity index (χ1) is 10.3. The maximum Gasteiger partial charge on any atom is 0.226 e. The van der Waals surface area contributed by atoms with E-state index in [1.807, 2.05) is 24.3 Å². The summed E-state index contributed by atoms with van der Waals surface area (Å²) in [7, 11) is 1.63. The molecule has 1 aromatic carbocycles. The molecule has 0 radical (unpaired) electrons. The van der Waals surface area contributed by atoms with Crippen molar-refractivity contribution in [2.24, 2.45) is 0 Å². The van der Waals surface area contributed by atoms with Crippen molar-refractivity contribution in [2.75, 3.05) is 45.4 Å². The van der Waals surface area contributed by atoms with Crippen LogP contribution < -0.4 is 15.4 Å². The Morgan fingerprint density at radius 1 is 1.38 bits per heavy atom. The molecule has 0 aromatic heterocycles. The average Bonchev–Trinajstić information content (AvgIpc) is 2.50. The van der Waals surface area contributed by atoms with Crippen LogP contribution in [0, 0.1) is 0 Å². The third-order valence-corrected chi connectivity index (χ3v) is 3.12. The second-order valence-corrected chi connectivity index (χ2v) is 4.84. The second-order valence-electron chi connectivity index (χ2n) is 4.84. The SMILES string of the molecule is COCCOc1ccc(NC(=O)CC2COCCN2)cc1. The predicted molar refractivity (Wildman–Crippen MR) is 79.7 cm³/mol. The summed E-state index contributed by atoms with van der Waals surface area (Å²) in [5.74, 6) is 0.735. The van der Waals surface area contributed by atoms with E-state index >= 15 is 0 Å². The van der Waals surface area contributed by atoms with Gasteiger partial charge in [0.2, 0.25) is 5.91 Å². The van der Waals surface area contributed by atoms with Gasteiger partial charge in [0, 0.05) is 31.8 Å². The molecule has 6 nitrogen and oxygen atoms in total. The fourth-order valence-electron chi connectivity index (χ4n) is 2.06. The van der Waals surface area contributed by atoms with E-state index in [9.17, 15) is 4.79 Å². The lowest BCUT2D eigenvalue weighted by Crippen LogP contribution is -2.43. The van der Waals surface area contributed by atoms with Gasteiger partial charge in [0.15, 0.2) is 0 Å². The molecule has 1 heterocycles. The Morgan fingerprint density at radius 2 is 2.19 bits per heavy atom.